The smallest absolute Gasteiger partial charge is 0.0516 e. The summed E-state index contributed by atoms with van der Waals surface area (Å²) >= 11 is 7.56. The van der Waals surface area contributed by atoms with E-state index >= 15 is 0 Å². The summed E-state index contributed by atoms with van der Waals surface area (Å²) in [6.45, 7) is 3.15. The molecule has 0 saturated carbocycles. The van der Waals surface area contributed by atoms with Gasteiger partial charge in [-0.05, 0) is 12.5 Å². The summed E-state index contributed by atoms with van der Waals surface area (Å²) in [5.74, 6) is 0. The van der Waals surface area contributed by atoms with E-state index in [-0.39, 0.29) is 12.4 Å². The molecular weight excluding hydrogens is 239 g/mol. The van der Waals surface area contributed by atoms with Crippen molar-refractivity contribution in [3.63, 3.8) is 0 Å². The molecule has 14 heavy (non-hydrogen) atoms. The van der Waals surface area contributed by atoms with Crippen molar-refractivity contribution in [1.29, 1.82) is 0 Å². The Hall–Kier alpha value is 0.200. The highest BCUT2D eigenvalue weighted by Crippen LogP contribution is 2.21. The molecule has 5 heteroatoms. The quantitative estimate of drug-likeness (QED) is 0.876. The van der Waals surface area contributed by atoms with E-state index in [9.17, 15) is 0 Å². The molecule has 1 fully saturated rings. The SMILES string of the molecule is Cl.N[C@H]1CCN(Cc2cc(Cl)cs2)C1. The zero-order valence-electron chi connectivity index (χ0n) is 7.78. The molecule has 0 spiro atoms. The van der Waals surface area contributed by atoms with Crippen LogP contribution in [-0.2, 0) is 6.54 Å². The van der Waals surface area contributed by atoms with Crippen molar-refractivity contribution >= 4 is 35.3 Å². The molecule has 0 radical (unpaired) electrons. The van der Waals surface area contributed by atoms with E-state index < -0.39 is 0 Å². The van der Waals surface area contributed by atoms with Gasteiger partial charge in [-0.3, -0.25) is 4.90 Å². The molecular formula is C9H14Cl2N2S. The molecule has 2 heterocycles. The maximum atomic E-state index is 5.84. The van der Waals surface area contributed by atoms with Crippen molar-refractivity contribution in [3.05, 3.63) is 21.3 Å². The Bertz CT molecular complexity index is 290. The zero-order chi connectivity index (χ0) is 9.26. The Morgan fingerprint density at radius 1 is 1.64 bits per heavy atom. The van der Waals surface area contributed by atoms with Crippen molar-refractivity contribution in [2.75, 3.05) is 13.1 Å². The van der Waals surface area contributed by atoms with Gasteiger partial charge in [-0.25, -0.2) is 0 Å². The molecule has 80 valence electrons. The molecule has 1 saturated heterocycles. The van der Waals surface area contributed by atoms with Gasteiger partial charge in [0.25, 0.3) is 0 Å². The molecule has 2 N–H and O–H groups in total. The molecule has 1 atom stereocenters. The normalized spacial score (nSPS) is 22.3. The lowest BCUT2D eigenvalue weighted by molar-refractivity contribution is 0.330. The zero-order valence-corrected chi connectivity index (χ0v) is 10.2. The summed E-state index contributed by atoms with van der Waals surface area (Å²) in [6.07, 6.45) is 1.12. The van der Waals surface area contributed by atoms with E-state index in [0.29, 0.717) is 6.04 Å². The maximum absolute atomic E-state index is 5.84. The fourth-order valence-corrected chi connectivity index (χ4v) is 2.78. The fourth-order valence-electron chi connectivity index (χ4n) is 1.66. The Balaban J connectivity index is 0.000000980. The minimum atomic E-state index is 0. The first-order chi connectivity index (χ1) is 6.24. The Morgan fingerprint density at radius 3 is 2.93 bits per heavy atom. The maximum Gasteiger partial charge on any atom is 0.0516 e. The van der Waals surface area contributed by atoms with Gasteiger partial charge in [-0.1, -0.05) is 11.6 Å². The average molecular weight is 253 g/mol. The van der Waals surface area contributed by atoms with Crippen LogP contribution in [0.1, 0.15) is 11.3 Å². The molecule has 0 unspecified atom stereocenters. The Labute approximate surface area is 99.4 Å². The van der Waals surface area contributed by atoms with Crippen molar-refractivity contribution in [1.82, 2.24) is 4.90 Å². The molecule has 1 aromatic rings. The lowest BCUT2D eigenvalue weighted by atomic mass is 10.3. The average Bonchev–Trinajstić information content (AvgIpc) is 2.62. The van der Waals surface area contributed by atoms with Crippen LogP contribution in [0.5, 0.6) is 0 Å². The number of thiophene rings is 1. The summed E-state index contributed by atoms with van der Waals surface area (Å²) in [6, 6.07) is 2.41. The Morgan fingerprint density at radius 2 is 2.43 bits per heavy atom. The highest BCUT2D eigenvalue weighted by Gasteiger charge is 2.19. The fraction of sp³-hybridized carbons (Fsp3) is 0.556. The van der Waals surface area contributed by atoms with Crippen LogP contribution >= 0.6 is 35.3 Å². The van der Waals surface area contributed by atoms with E-state index in [1.807, 2.05) is 11.4 Å². The number of hydrogen-bond donors (Lipinski definition) is 1. The highest BCUT2D eigenvalue weighted by molar-refractivity contribution is 7.10. The minimum absolute atomic E-state index is 0. The minimum Gasteiger partial charge on any atom is -0.326 e. The van der Waals surface area contributed by atoms with Gasteiger partial charge in [-0.2, -0.15) is 0 Å². The predicted octanol–water partition coefficient (Wildman–Crippen LogP) is 2.36. The van der Waals surface area contributed by atoms with Gasteiger partial charge in [0.2, 0.25) is 0 Å². The highest BCUT2D eigenvalue weighted by atomic mass is 35.5. The van der Waals surface area contributed by atoms with Crippen LogP contribution < -0.4 is 5.73 Å². The second kappa shape index (κ2) is 5.33. The first-order valence-corrected chi connectivity index (χ1v) is 5.70. The van der Waals surface area contributed by atoms with Crippen molar-refractivity contribution in [3.8, 4) is 0 Å². The molecule has 2 rings (SSSR count). The summed E-state index contributed by atoms with van der Waals surface area (Å²) in [4.78, 5) is 3.71. The van der Waals surface area contributed by atoms with Gasteiger partial charge in [-0.15, -0.1) is 23.7 Å². The van der Waals surface area contributed by atoms with Gasteiger partial charge in [0, 0.05) is 35.9 Å². The second-order valence-electron chi connectivity index (χ2n) is 3.52. The van der Waals surface area contributed by atoms with Gasteiger partial charge < -0.3 is 5.73 Å². The molecule has 0 aromatic carbocycles. The number of likely N-dealkylation sites (tertiary alicyclic amines) is 1. The van der Waals surface area contributed by atoms with Crippen LogP contribution in [0, 0.1) is 0 Å². The third-order valence-electron chi connectivity index (χ3n) is 2.31. The van der Waals surface area contributed by atoms with Crippen LogP contribution in [0.2, 0.25) is 5.02 Å². The summed E-state index contributed by atoms with van der Waals surface area (Å²) in [5, 5.41) is 2.83. The van der Waals surface area contributed by atoms with E-state index in [4.69, 9.17) is 17.3 Å². The van der Waals surface area contributed by atoms with Crippen LogP contribution in [0.4, 0.5) is 0 Å². The first-order valence-electron chi connectivity index (χ1n) is 4.45. The largest absolute Gasteiger partial charge is 0.326 e. The van der Waals surface area contributed by atoms with Crippen LogP contribution in [0.3, 0.4) is 0 Å². The summed E-state index contributed by atoms with van der Waals surface area (Å²) in [7, 11) is 0. The molecule has 2 nitrogen and oxygen atoms in total. The second-order valence-corrected chi connectivity index (χ2v) is 4.95. The number of nitrogens with two attached hydrogens (primary N) is 1. The lowest BCUT2D eigenvalue weighted by Crippen LogP contribution is -2.25. The molecule has 0 bridgehead atoms. The summed E-state index contributed by atoms with van der Waals surface area (Å²) < 4.78 is 0. The van der Waals surface area contributed by atoms with Crippen molar-refractivity contribution in [2.45, 2.75) is 19.0 Å². The first kappa shape index (κ1) is 12.3. The number of hydrogen-bond acceptors (Lipinski definition) is 3. The van der Waals surface area contributed by atoms with Gasteiger partial charge in [0.1, 0.15) is 0 Å². The topological polar surface area (TPSA) is 29.3 Å². The molecule has 1 aliphatic rings. The van der Waals surface area contributed by atoms with E-state index in [0.717, 1.165) is 31.1 Å². The van der Waals surface area contributed by atoms with Gasteiger partial charge >= 0.3 is 0 Å². The number of rotatable bonds is 2. The van der Waals surface area contributed by atoms with Gasteiger partial charge in [0.05, 0.1) is 5.02 Å². The number of nitrogens with zero attached hydrogens (tertiary/aromatic N) is 1. The van der Waals surface area contributed by atoms with Crippen LogP contribution in [0.15, 0.2) is 11.4 Å². The van der Waals surface area contributed by atoms with Crippen LogP contribution in [-0.4, -0.2) is 24.0 Å². The summed E-state index contributed by atoms with van der Waals surface area (Å²) in [5.41, 5.74) is 5.82. The molecule has 1 aliphatic heterocycles. The third-order valence-corrected chi connectivity index (χ3v) is 3.58. The molecule has 1 aromatic heterocycles. The van der Waals surface area contributed by atoms with Gasteiger partial charge in [0.15, 0.2) is 0 Å². The van der Waals surface area contributed by atoms with E-state index in [1.165, 1.54) is 4.88 Å². The predicted molar refractivity (Wildman–Crippen MR) is 64.4 cm³/mol. The van der Waals surface area contributed by atoms with Crippen LogP contribution in [0.25, 0.3) is 0 Å². The lowest BCUT2D eigenvalue weighted by Gasteiger charge is -2.12. The Kier molecular flexibility index (Phi) is 4.67. The van der Waals surface area contributed by atoms with E-state index in [1.54, 1.807) is 11.3 Å². The number of halogens is 2. The van der Waals surface area contributed by atoms with E-state index in [2.05, 4.69) is 4.90 Å². The standard InChI is InChI=1S/C9H13ClN2S.ClH/c10-7-3-9(13-6-7)5-12-2-1-8(11)4-12;/h3,6,8H,1-2,4-5,11H2;1H/t8-;/m0./s1. The van der Waals surface area contributed by atoms with Crippen molar-refractivity contribution < 1.29 is 0 Å². The monoisotopic (exact) mass is 252 g/mol. The van der Waals surface area contributed by atoms with Crippen molar-refractivity contribution in [2.24, 2.45) is 5.73 Å². The molecule has 0 aliphatic carbocycles. The molecule has 0 amide bonds. The third kappa shape index (κ3) is 3.11.